The molecule has 4 heteroatoms. The van der Waals surface area contributed by atoms with Crippen molar-refractivity contribution in [2.45, 2.75) is 20.3 Å². The van der Waals surface area contributed by atoms with E-state index in [2.05, 4.69) is 35.1 Å². The van der Waals surface area contributed by atoms with Gasteiger partial charge in [-0.15, -0.1) is 11.3 Å². The molecule has 1 aromatic heterocycles. The molecule has 0 aromatic carbocycles. The lowest BCUT2D eigenvalue weighted by Gasteiger charge is -2.06. The van der Waals surface area contributed by atoms with Crippen LogP contribution in [0.1, 0.15) is 18.7 Å². The number of halogens is 1. The van der Waals surface area contributed by atoms with Gasteiger partial charge in [-0.3, -0.25) is 4.79 Å². The van der Waals surface area contributed by atoms with Gasteiger partial charge in [0.25, 0.3) is 0 Å². The third-order valence-electron chi connectivity index (χ3n) is 1.66. The Kier molecular flexibility index (Phi) is 4.62. The van der Waals surface area contributed by atoms with Gasteiger partial charge in [-0.2, -0.15) is 0 Å². The normalized spacial score (nSPS) is 10.6. The van der Waals surface area contributed by atoms with Gasteiger partial charge >= 0.3 is 0 Å². The predicted molar refractivity (Wildman–Crippen MR) is 63.6 cm³/mol. The van der Waals surface area contributed by atoms with Crippen molar-refractivity contribution in [1.82, 2.24) is 5.32 Å². The Balaban J connectivity index is 2.34. The number of hydrogen-bond donors (Lipinski definition) is 1. The van der Waals surface area contributed by atoms with Gasteiger partial charge in [0.1, 0.15) is 0 Å². The quantitative estimate of drug-likeness (QED) is 0.900. The van der Waals surface area contributed by atoms with E-state index in [0.717, 1.165) is 15.9 Å². The van der Waals surface area contributed by atoms with Crippen molar-refractivity contribution >= 4 is 33.2 Å². The van der Waals surface area contributed by atoms with Gasteiger partial charge < -0.3 is 5.32 Å². The maximum atomic E-state index is 11.4. The zero-order valence-corrected chi connectivity index (χ0v) is 10.7. The van der Waals surface area contributed by atoms with Gasteiger partial charge in [-0.25, -0.2) is 0 Å². The smallest absolute Gasteiger partial charge is 0.225 e. The fourth-order valence-corrected chi connectivity index (χ4v) is 2.43. The lowest BCUT2D eigenvalue weighted by atomic mass is 10.2. The lowest BCUT2D eigenvalue weighted by Crippen LogP contribution is -2.28. The van der Waals surface area contributed by atoms with Crippen LogP contribution >= 0.6 is 27.3 Å². The van der Waals surface area contributed by atoms with Gasteiger partial charge in [0, 0.05) is 21.3 Å². The van der Waals surface area contributed by atoms with Crippen LogP contribution < -0.4 is 5.32 Å². The molecular formula is C10H14BrNOS. The maximum absolute atomic E-state index is 11.4. The Morgan fingerprint density at radius 2 is 2.36 bits per heavy atom. The second-order valence-electron chi connectivity index (χ2n) is 3.61. The number of rotatable bonds is 4. The van der Waals surface area contributed by atoms with E-state index in [9.17, 15) is 4.79 Å². The fraction of sp³-hybridized carbons (Fsp3) is 0.500. The number of hydrogen-bond acceptors (Lipinski definition) is 2. The molecule has 1 N–H and O–H groups in total. The maximum Gasteiger partial charge on any atom is 0.225 e. The number of carbonyl (C=O) groups is 1. The van der Waals surface area contributed by atoms with Crippen molar-refractivity contribution in [2.24, 2.45) is 5.92 Å². The molecule has 1 aromatic rings. The molecule has 0 saturated carbocycles. The van der Waals surface area contributed by atoms with Crippen LogP contribution in [0.2, 0.25) is 0 Å². The second-order valence-corrected chi connectivity index (χ2v) is 5.52. The van der Waals surface area contributed by atoms with E-state index < -0.39 is 0 Å². The molecule has 0 unspecified atom stereocenters. The first kappa shape index (κ1) is 11.7. The van der Waals surface area contributed by atoms with Gasteiger partial charge in [-0.05, 0) is 27.9 Å². The molecule has 0 spiro atoms. The minimum atomic E-state index is 0.105. The molecule has 0 radical (unpaired) electrons. The summed E-state index contributed by atoms with van der Waals surface area (Å²) in [5, 5.41) is 4.88. The van der Waals surface area contributed by atoms with Crippen molar-refractivity contribution in [1.29, 1.82) is 0 Å². The van der Waals surface area contributed by atoms with E-state index in [4.69, 9.17) is 0 Å². The first-order chi connectivity index (χ1) is 6.58. The van der Waals surface area contributed by atoms with Gasteiger partial charge in [0.05, 0.1) is 6.42 Å². The predicted octanol–water partition coefficient (Wildman–Crippen LogP) is 2.83. The van der Waals surface area contributed by atoms with Gasteiger partial charge in [0.15, 0.2) is 0 Å². The summed E-state index contributed by atoms with van der Waals surface area (Å²) in [5.74, 6) is 0.613. The van der Waals surface area contributed by atoms with Crippen LogP contribution in [-0.2, 0) is 11.2 Å². The van der Waals surface area contributed by atoms with Crippen LogP contribution in [0.15, 0.2) is 15.9 Å². The molecule has 14 heavy (non-hydrogen) atoms. The van der Waals surface area contributed by atoms with E-state index in [1.165, 1.54) is 0 Å². The number of thiophene rings is 1. The van der Waals surface area contributed by atoms with Crippen LogP contribution in [0, 0.1) is 5.92 Å². The largest absolute Gasteiger partial charge is 0.356 e. The molecule has 78 valence electrons. The van der Waals surface area contributed by atoms with E-state index in [0.29, 0.717) is 12.3 Å². The molecule has 0 atom stereocenters. The highest BCUT2D eigenvalue weighted by Gasteiger charge is 2.05. The SMILES string of the molecule is CC(C)CNC(=O)Cc1cc(Br)cs1. The standard InChI is InChI=1S/C10H14BrNOS/c1-7(2)5-12-10(13)4-9-3-8(11)6-14-9/h3,6-7H,4-5H2,1-2H3,(H,12,13). The topological polar surface area (TPSA) is 29.1 Å². The third-order valence-corrected chi connectivity index (χ3v) is 3.36. The molecule has 1 rings (SSSR count). The molecular weight excluding hydrogens is 262 g/mol. The summed E-state index contributed by atoms with van der Waals surface area (Å²) < 4.78 is 1.05. The molecule has 0 aliphatic rings. The van der Waals surface area contributed by atoms with Crippen LogP contribution in [0.5, 0.6) is 0 Å². The first-order valence-corrected chi connectivity index (χ1v) is 6.25. The summed E-state index contributed by atoms with van der Waals surface area (Å²) in [6.07, 6.45) is 0.489. The molecule has 0 bridgehead atoms. The Hall–Kier alpha value is -0.350. The molecule has 1 heterocycles. The molecule has 0 saturated heterocycles. The van der Waals surface area contributed by atoms with Crippen molar-refractivity contribution < 1.29 is 4.79 Å². The second kappa shape index (κ2) is 5.51. The molecule has 2 nitrogen and oxygen atoms in total. The summed E-state index contributed by atoms with van der Waals surface area (Å²) in [6.45, 7) is 4.93. The van der Waals surface area contributed by atoms with Crippen LogP contribution in [-0.4, -0.2) is 12.5 Å². The van der Waals surface area contributed by atoms with E-state index in [1.807, 2.05) is 11.4 Å². The zero-order chi connectivity index (χ0) is 10.6. The molecule has 0 fully saturated rings. The lowest BCUT2D eigenvalue weighted by molar-refractivity contribution is -0.120. The highest BCUT2D eigenvalue weighted by atomic mass is 79.9. The highest BCUT2D eigenvalue weighted by Crippen LogP contribution is 2.19. The molecule has 0 aliphatic carbocycles. The van der Waals surface area contributed by atoms with Crippen molar-refractivity contribution in [2.75, 3.05) is 6.54 Å². The molecule has 1 amide bonds. The first-order valence-electron chi connectivity index (χ1n) is 4.57. The average Bonchev–Trinajstić information content (AvgIpc) is 2.48. The van der Waals surface area contributed by atoms with Crippen molar-refractivity contribution in [3.63, 3.8) is 0 Å². The van der Waals surface area contributed by atoms with Crippen LogP contribution in [0.3, 0.4) is 0 Å². The van der Waals surface area contributed by atoms with E-state index in [-0.39, 0.29) is 5.91 Å². The van der Waals surface area contributed by atoms with Crippen molar-refractivity contribution in [3.05, 3.63) is 20.8 Å². The summed E-state index contributed by atoms with van der Waals surface area (Å²) in [6, 6.07) is 1.99. The third kappa shape index (κ3) is 4.24. The monoisotopic (exact) mass is 275 g/mol. The Labute approximate surface area is 96.8 Å². The van der Waals surface area contributed by atoms with Crippen LogP contribution in [0.4, 0.5) is 0 Å². The number of amides is 1. The summed E-state index contributed by atoms with van der Waals surface area (Å²) in [5.41, 5.74) is 0. The van der Waals surface area contributed by atoms with E-state index >= 15 is 0 Å². The fourth-order valence-electron chi connectivity index (χ4n) is 0.985. The average molecular weight is 276 g/mol. The summed E-state index contributed by atoms with van der Waals surface area (Å²) in [4.78, 5) is 12.5. The summed E-state index contributed by atoms with van der Waals surface area (Å²) in [7, 11) is 0. The number of nitrogens with one attached hydrogen (secondary N) is 1. The van der Waals surface area contributed by atoms with Crippen molar-refractivity contribution in [3.8, 4) is 0 Å². The van der Waals surface area contributed by atoms with Gasteiger partial charge in [0.2, 0.25) is 5.91 Å². The minimum absolute atomic E-state index is 0.105. The highest BCUT2D eigenvalue weighted by molar-refractivity contribution is 9.10. The molecule has 0 aliphatic heterocycles. The van der Waals surface area contributed by atoms with Gasteiger partial charge in [-0.1, -0.05) is 13.8 Å². The van der Waals surface area contributed by atoms with E-state index in [1.54, 1.807) is 11.3 Å². The Morgan fingerprint density at radius 3 is 2.86 bits per heavy atom. The summed E-state index contributed by atoms with van der Waals surface area (Å²) >= 11 is 4.97. The Bertz CT molecular complexity index is 309. The number of carbonyl (C=O) groups excluding carboxylic acids is 1. The van der Waals surface area contributed by atoms with Crippen LogP contribution in [0.25, 0.3) is 0 Å². The zero-order valence-electron chi connectivity index (χ0n) is 8.34. The minimum Gasteiger partial charge on any atom is -0.356 e. The Morgan fingerprint density at radius 1 is 1.64 bits per heavy atom.